The van der Waals surface area contributed by atoms with Crippen molar-refractivity contribution in [2.45, 2.75) is 51.7 Å². The fourth-order valence-corrected chi connectivity index (χ4v) is 3.79. The van der Waals surface area contributed by atoms with Crippen LogP contribution in [0.1, 0.15) is 44.3 Å². The molecule has 0 spiro atoms. The maximum Gasteiger partial charge on any atom is 0.338 e. The predicted molar refractivity (Wildman–Crippen MR) is 105 cm³/mol. The summed E-state index contributed by atoms with van der Waals surface area (Å²) in [5.74, 6) is -3.38. The SMILES string of the molecule is CC(=O)OC[C@H]1O[C@@H](n2cc(C(=O)O)c3c(N)ncnc32)[C@](C)(OC(C)=O)[C@@H]1OC(C)=O. The second-order valence-electron chi connectivity index (χ2n) is 7.35. The minimum Gasteiger partial charge on any atom is -0.478 e. The number of fused-ring (bicyclic) bond motifs is 1. The molecule has 1 fully saturated rings. The quantitative estimate of drug-likeness (QED) is 0.458. The lowest BCUT2D eigenvalue weighted by Crippen LogP contribution is -2.50. The standard InChI is InChI=1S/C19H22N4O9/c1-8(24)29-6-12-14(30-9(2)25)19(4,32-10(3)26)18(31-12)23-5-11(17(27)28)13-15(20)21-7-22-16(13)23/h5,7,12,14,18H,6H2,1-4H3,(H,27,28)(H2,20,21,22)/t12-,14-,18-,19-/m1/s1. The van der Waals surface area contributed by atoms with E-state index >= 15 is 0 Å². The Morgan fingerprint density at radius 3 is 2.44 bits per heavy atom. The summed E-state index contributed by atoms with van der Waals surface area (Å²) >= 11 is 0. The zero-order chi connectivity index (χ0) is 23.8. The second-order valence-corrected chi connectivity index (χ2v) is 7.35. The number of carbonyl (C=O) groups excluding carboxylic acids is 3. The van der Waals surface area contributed by atoms with Crippen molar-refractivity contribution in [3.8, 4) is 0 Å². The van der Waals surface area contributed by atoms with E-state index in [1.54, 1.807) is 0 Å². The Labute approximate surface area is 181 Å². The van der Waals surface area contributed by atoms with Crippen molar-refractivity contribution in [1.82, 2.24) is 14.5 Å². The third-order valence-electron chi connectivity index (χ3n) is 4.93. The molecule has 1 aliphatic heterocycles. The zero-order valence-electron chi connectivity index (χ0n) is 17.7. The first-order valence-corrected chi connectivity index (χ1v) is 9.45. The van der Waals surface area contributed by atoms with Gasteiger partial charge in [-0.3, -0.25) is 14.4 Å². The molecule has 13 nitrogen and oxygen atoms in total. The minimum atomic E-state index is -1.65. The molecule has 13 heteroatoms. The Hall–Kier alpha value is -3.74. The number of aromatic nitrogens is 3. The van der Waals surface area contributed by atoms with Crippen molar-refractivity contribution in [1.29, 1.82) is 0 Å². The van der Waals surface area contributed by atoms with Gasteiger partial charge in [0.25, 0.3) is 0 Å². The van der Waals surface area contributed by atoms with E-state index < -0.39 is 47.9 Å². The molecule has 1 aliphatic rings. The Morgan fingerprint density at radius 2 is 1.88 bits per heavy atom. The monoisotopic (exact) mass is 450 g/mol. The molecular formula is C19H22N4O9. The predicted octanol–water partition coefficient (Wildman–Crippen LogP) is 0.426. The first kappa shape index (κ1) is 22.9. The second kappa shape index (κ2) is 8.42. The van der Waals surface area contributed by atoms with Crippen molar-refractivity contribution in [3.05, 3.63) is 18.1 Å². The van der Waals surface area contributed by atoms with E-state index in [0.29, 0.717) is 0 Å². The van der Waals surface area contributed by atoms with Crippen LogP contribution in [0.15, 0.2) is 12.5 Å². The Morgan fingerprint density at radius 1 is 1.19 bits per heavy atom. The van der Waals surface area contributed by atoms with Crippen molar-refractivity contribution in [2.24, 2.45) is 0 Å². The Bertz CT molecular complexity index is 1100. The van der Waals surface area contributed by atoms with Gasteiger partial charge in [0.05, 0.1) is 10.9 Å². The molecule has 0 amide bonds. The van der Waals surface area contributed by atoms with E-state index in [1.165, 1.54) is 24.6 Å². The highest BCUT2D eigenvalue weighted by molar-refractivity contribution is 6.06. The summed E-state index contributed by atoms with van der Waals surface area (Å²) in [6.45, 7) is 4.64. The van der Waals surface area contributed by atoms with Crippen LogP contribution >= 0.6 is 0 Å². The molecule has 0 saturated carbocycles. The molecule has 0 aliphatic carbocycles. The normalized spacial score (nSPS) is 24.8. The molecule has 3 rings (SSSR count). The summed E-state index contributed by atoms with van der Waals surface area (Å²) in [5, 5.41) is 9.69. The van der Waals surface area contributed by atoms with Crippen molar-refractivity contribution < 1.29 is 43.2 Å². The van der Waals surface area contributed by atoms with Gasteiger partial charge in [0, 0.05) is 27.0 Å². The van der Waals surface area contributed by atoms with E-state index in [1.807, 2.05) is 0 Å². The summed E-state index contributed by atoms with van der Waals surface area (Å²) < 4.78 is 23.3. The van der Waals surface area contributed by atoms with E-state index in [9.17, 15) is 24.3 Å². The molecule has 0 radical (unpaired) electrons. The van der Waals surface area contributed by atoms with Gasteiger partial charge >= 0.3 is 23.9 Å². The van der Waals surface area contributed by atoms with Crippen LogP contribution in [0.5, 0.6) is 0 Å². The number of carbonyl (C=O) groups is 4. The van der Waals surface area contributed by atoms with Gasteiger partial charge < -0.3 is 34.4 Å². The average molecular weight is 450 g/mol. The van der Waals surface area contributed by atoms with E-state index in [0.717, 1.165) is 20.2 Å². The van der Waals surface area contributed by atoms with Crippen LogP contribution in [0.25, 0.3) is 11.0 Å². The number of hydrogen-bond acceptors (Lipinski definition) is 11. The molecule has 0 aromatic carbocycles. The van der Waals surface area contributed by atoms with E-state index in [2.05, 4.69) is 9.97 Å². The van der Waals surface area contributed by atoms with Crippen LogP contribution in [0.4, 0.5) is 5.82 Å². The van der Waals surface area contributed by atoms with E-state index in [-0.39, 0.29) is 29.0 Å². The molecule has 32 heavy (non-hydrogen) atoms. The number of carboxylic acid groups (broad SMARTS) is 1. The maximum atomic E-state index is 12.0. The van der Waals surface area contributed by atoms with Gasteiger partial charge in [-0.25, -0.2) is 14.8 Å². The third kappa shape index (κ3) is 4.06. The van der Waals surface area contributed by atoms with Crippen LogP contribution in [0.2, 0.25) is 0 Å². The number of carboxylic acids is 1. The van der Waals surface area contributed by atoms with Crippen LogP contribution in [-0.4, -0.2) is 67.9 Å². The summed E-state index contributed by atoms with van der Waals surface area (Å²) in [4.78, 5) is 54.9. The molecule has 1 saturated heterocycles. The van der Waals surface area contributed by atoms with Crippen LogP contribution in [-0.2, 0) is 33.3 Å². The topological polar surface area (TPSA) is 182 Å². The number of hydrogen-bond donors (Lipinski definition) is 2. The molecule has 2 aromatic heterocycles. The molecule has 4 atom stereocenters. The van der Waals surface area contributed by atoms with Gasteiger partial charge in [0.15, 0.2) is 17.9 Å². The lowest BCUT2D eigenvalue weighted by Gasteiger charge is -2.34. The lowest BCUT2D eigenvalue weighted by atomic mass is 9.95. The molecule has 0 bridgehead atoms. The largest absolute Gasteiger partial charge is 0.478 e. The van der Waals surface area contributed by atoms with Crippen molar-refractivity contribution in [2.75, 3.05) is 12.3 Å². The van der Waals surface area contributed by atoms with Crippen LogP contribution in [0.3, 0.4) is 0 Å². The van der Waals surface area contributed by atoms with Crippen molar-refractivity contribution in [3.63, 3.8) is 0 Å². The Balaban J connectivity index is 2.20. The number of esters is 3. The highest BCUT2D eigenvalue weighted by atomic mass is 16.7. The number of nitrogen functional groups attached to an aromatic ring is 1. The molecule has 172 valence electrons. The summed E-state index contributed by atoms with van der Waals surface area (Å²) in [5.41, 5.74) is 4.11. The van der Waals surface area contributed by atoms with Crippen LogP contribution < -0.4 is 5.73 Å². The van der Waals surface area contributed by atoms with Gasteiger partial charge in [-0.15, -0.1) is 0 Å². The third-order valence-corrected chi connectivity index (χ3v) is 4.93. The summed E-state index contributed by atoms with van der Waals surface area (Å²) in [6, 6.07) is 0. The maximum absolute atomic E-state index is 12.0. The van der Waals surface area contributed by atoms with Gasteiger partial charge in [-0.2, -0.15) is 0 Å². The minimum absolute atomic E-state index is 0.0567. The molecule has 3 heterocycles. The number of aromatic carboxylic acids is 1. The average Bonchev–Trinajstić information content (AvgIpc) is 3.17. The number of ether oxygens (including phenoxy) is 4. The molecular weight excluding hydrogens is 428 g/mol. The van der Waals surface area contributed by atoms with Crippen molar-refractivity contribution >= 4 is 40.7 Å². The molecule has 0 unspecified atom stereocenters. The first-order chi connectivity index (χ1) is 15.0. The van der Waals surface area contributed by atoms with Gasteiger partial charge in [0.1, 0.15) is 30.5 Å². The molecule has 2 aromatic rings. The lowest BCUT2D eigenvalue weighted by molar-refractivity contribution is -0.184. The van der Waals surface area contributed by atoms with Gasteiger partial charge in [0.2, 0.25) is 0 Å². The first-order valence-electron chi connectivity index (χ1n) is 9.45. The number of nitrogens with zero attached hydrogens (tertiary/aromatic N) is 3. The number of rotatable bonds is 6. The van der Waals surface area contributed by atoms with Gasteiger partial charge in [-0.05, 0) is 6.92 Å². The van der Waals surface area contributed by atoms with Gasteiger partial charge in [-0.1, -0.05) is 0 Å². The van der Waals surface area contributed by atoms with Crippen LogP contribution in [0, 0.1) is 0 Å². The number of anilines is 1. The smallest absolute Gasteiger partial charge is 0.338 e. The summed E-state index contributed by atoms with van der Waals surface area (Å²) in [7, 11) is 0. The zero-order valence-corrected chi connectivity index (χ0v) is 17.7. The highest BCUT2D eigenvalue weighted by Crippen LogP contribution is 2.45. The van der Waals surface area contributed by atoms with E-state index in [4.69, 9.17) is 24.7 Å². The highest BCUT2D eigenvalue weighted by Gasteiger charge is 2.60. The fourth-order valence-electron chi connectivity index (χ4n) is 3.79. The Kier molecular flexibility index (Phi) is 6.03. The molecule has 3 N–H and O–H groups in total. The fraction of sp³-hybridized carbons (Fsp3) is 0.474. The summed E-state index contributed by atoms with van der Waals surface area (Å²) in [6.07, 6.45) is -1.11. The number of nitrogens with two attached hydrogens (primary N) is 1.